The summed E-state index contributed by atoms with van der Waals surface area (Å²) in [6.07, 6.45) is 3.72. The number of ether oxygens (including phenoxy) is 1. The molecular weight excluding hydrogens is 250 g/mol. The van der Waals surface area contributed by atoms with E-state index in [2.05, 4.69) is 46.5 Å². The zero-order valence-electron chi connectivity index (χ0n) is 12.1. The maximum absolute atomic E-state index is 6.06. The van der Waals surface area contributed by atoms with Gasteiger partial charge in [-0.05, 0) is 50.6 Å². The van der Waals surface area contributed by atoms with Crippen LogP contribution in [-0.4, -0.2) is 50.1 Å². The largest absolute Gasteiger partial charge is 0.490 e. The van der Waals surface area contributed by atoms with Gasteiger partial charge in [-0.15, -0.1) is 0 Å². The van der Waals surface area contributed by atoms with Crippen molar-refractivity contribution in [2.45, 2.75) is 25.4 Å². The topological polar surface area (TPSA) is 36.9 Å². The average molecular weight is 273 g/mol. The third-order valence-electron chi connectivity index (χ3n) is 3.99. The van der Waals surface area contributed by atoms with Crippen LogP contribution in [-0.2, 0) is 0 Å². The van der Waals surface area contributed by atoms with Crippen molar-refractivity contribution in [3.05, 3.63) is 29.8 Å². The Morgan fingerprint density at radius 2 is 1.95 bits per heavy atom. The molecule has 4 nitrogen and oxygen atoms in total. The van der Waals surface area contributed by atoms with Gasteiger partial charge in [-0.3, -0.25) is 4.99 Å². The molecule has 1 aromatic rings. The first-order valence-electron chi connectivity index (χ1n) is 7.55. The van der Waals surface area contributed by atoms with Crippen molar-refractivity contribution >= 4 is 5.84 Å². The van der Waals surface area contributed by atoms with E-state index >= 15 is 0 Å². The van der Waals surface area contributed by atoms with Gasteiger partial charge in [0.25, 0.3) is 0 Å². The standard InChI is InChI=1S/C16H23N3O/c1-19-11-7-15(8-12-19)20-14-5-3-13(4-6-14)16-17-9-2-10-18-16/h3-6,15H,2,7-12H2,1H3,(H,17,18). The van der Waals surface area contributed by atoms with Crippen molar-refractivity contribution in [3.8, 4) is 5.75 Å². The van der Waals surface area contributed by atoms with Gasteiger partial charge in [0.2, 0.25) is 0 Å². The van der Waals surface area contributed by atoms with E-state index in [9.17, 15) is 0 Å². The highest BCUT2D eigenvalue weighted by atomic mass is 16.5. The number of likely N-dealkylation sites (tertiary alicyclic amines) is 1. The average Bonchev–Trinajstić information content (AvgIpc) is 2.51. The summed E-state index contributed by atoms with van der Waals surface area (Å²) < 4.78 is 6.06. The second-order valence-corrected chi connectivity index (χ2v) is 5.66. The molecule has 1 N–H and O–H groups in total. The first kappa shape index (κ1) is 13.4. The van der Waals surface area contributed by atoms with E-state index in [0.29, 0.717) is 6.10 Å². The lowest BCUT2D eigenvalue weighted by Gasteiger charge is -2.29. The van der Waals surface area contributed by atoms with E-state index in [0.717, 1.165) is 62.6 Å². The Balaban J connectivity index is 1.60. The predicted octanol–water partition coefficient (Wildman–Crippen LogP) is 1.90. The van der Waals surface area contributed by atoms with Crippen molar-refractivity contribution in [3.63, 3.8) is 0 Å². The van der Waals surface area contributed by atoms with E-state index in [1.807, 2.05) is 0 Å². The number of nitrogens with one attached hydrogen (secondary N) is 1. The van der Waals surface area contributed by atoms with Gasteiger partial charge in [0.1, 0.15) is 17.7 Å². The molecule has 4 heteroatoms. The molecule has 1 fully saturated rings. The Labute approximate surface area is 120 Å². The van der Waals surface area contributed by atoms with Gasteiger partial charge in [0.05, 0.1) is 0 Å². The number of hydrogen-bond acceptors (Lipinski definition) is 4. The smallest absolute Gasteiger partial charge is 0.128 e. The van der Waals surface area contributed by atoms with Crippen LogP contribution in [0, 0.1) is 0 Å². The fourth-order valence-corrected chi connectivity index (χ4v) is 2.71. The Morgan fingerprint density at radius 3 is 2.60 bits per heavy atom. The molecule has 0 aliphatic carbocycles. The summed E-state index contributed by atoms with van der Waals surface area (Å²) in [5.74, 6) is 1.99. The third-order valence-corrected chi connectivity index (χ3v) is 3.99. The van der Waals surface area contributed by atoms with Gasteiger partial charge in [-0.25, -0.2) is 0 Å². The van der Waals surface area contributed by atoms with Crippen LogP contribution >= 0.6 is 0 Å². The summed E-state index contributed by atoms with van der Waals surface area (Å²) in [6, 6.07) is 8.32. The lowest BCUT2D eigenvalue weighted by molar-refractivity contribution is 0.114. The van der Waals surface area contributed by atoms with Crippen LogP contribution in [0.5, 0.6) is 5.75 Å². The van der Waals surface area contributed by atoms with Gasteiger partial charge >= 0.3 is 0 Å². The summed E-state index contributed by atoms with van der Waals surface area (Å²) in [5.41, 5.74) is 1.15. The first-order valence-corrected chi connectivity index (χ1v) is 7.55. The lowest BCUT2D eigenvalue weighted by atomic mass is 10.1. The second-order valence-electron chi connectivity index (χ2n) is 5.66. The third kappa shape index (κ3) is 3.31. The lowest BCUT2D eigenvalue weighted by Crippen LogP contribution is -2.35. The Bertz CT molecular complexity index is 461. The summed E-state index contributed by atoms with van der Waals surface area (Å²) in [6.45, 7) is 4.20. The highest BCUT2D eigenvalue weighted by Crippen LogP contribution is 2.19. The maximum atomic E-state index is 6.06. The molecule has 0 bridgehead atoms. The molecule has 0 radical (unpaired) electrons. The summed E-state index contributed by atoms with van der Waals surface area (Å²) >= 11 is 0. The molecule has 0 spiro atoms. The Kier molecular flexibility index (Phi) is 4.21. The zero-order valence-corrected chi connectivity index (χ0v) is 12.1. The van der Waals surface area contributed by atoms with E-state index in [1.165, 1.54) is 0 Å². The van der Waals surface area contributed by atoms with Crippen molar-refractivity contribution in [2.24, 2.45) is 4.99 Å². The Morgan fingerprint density at radius 1 is 1.20 bits per heavy atom. The molecular formula is C16H23N3O. The second kappa shape index (κ2) is 6.27. The number of piperidine rings is 1. The van der Waals surface area contributed by atoms with Crippen molar-refractivity contribution in [1.82, 2.24) is 10.2 Å². The minimum absolute atomic E-state index is 0.363. The van der Waals surface area contributed by atoms with Crippen molar-refractivity contribution in [2.75, 3.05) is 33.2 Å². The highest BCUT2D eigenvalue weighted by Gasteiger charge is 2.18. The van der Waals surface area contributed by atoms with Gasteiger partial charge < -0.3 is 15.0 Å². The molecule has 20 heavy (non-hydrogen) atoms. The van der Waals surface area contributed by atoms with E-state index < -0.39 is 0 Å². The molecule has 2 aliphatic heterocycles. The van der Waals surface area contributed by atoms with Crippen LogP contribution < -0.4 is 10.1 Å². The summed E-state index contributed by atoms with van der Waals surface area (Å²) in [7, 11) is 2.17. The summed E-state index contributed by atoms with van der Waals surface area (Å²) in [5, 5.41) is 3.34. The molecule has 0 atom stereocenters. The maximum Gasteiger partial charge on any atom is 0.128 e. The van der Waals surface area contributed by atoms with E-state index in [1.54, 1.807) is 0 Å². The quantitative estimate of drug-likeness (QED) is 0.914. The molecule has 0 aromatic heterocycles. The van der Waals surface area contributed by atoms with E-state index in [-0.39, 0.29) is 0 Å². The van der Waals surface area contributed by atoms with Crippen LogP contribution in [0.4, 0.5) is 0 Å². The molecule has 0 unspecified atom stereocenters. The van der Waals surface area contributed by atoms with Crippen molar-refractivity contribution in [1.29, 1.82) is 0 Å². The normalized spacial score (nSPS) is 21.1. The molecule has 3 rings (SSSR count). The van der Waals surface area contributed by atoms with Gasteiger partial charge in [0.15, 0.2) is 0 Å². The van der Waals surface area contributed by atoms with Gasteiger partial charge in [-0.2, -0.15) is 0 Å². The summed E-state index contributed by atoms with van der Waals surface area (Å²) in [4.78, 5) is 6.87. The van der Waals surface area contributed by atoms with Gasteiger partial charge in [0, 0.05) is 31.7 Å². The minimum atomic E-state index is 0.363. The molecule has 108 valence electrons. The van der Waals surface area contributed by atoms with Crippen molar-refractivity contribution < 1.29 is 4.74 Å². The van der Waals surface area contributed by atoms with Crippen LogP contribution in [0.2, 0.25) is 0 Å². The SMILES string of the molecule is CN1CCC(Oc2ccc(C3=NCCCN3)cc2)CC1. The fraction of sp³-hybridized carbons (Fsp3) is 0.562. The number of nitrogens with zero attached hydrogens (tertiary/aromatic N) is 2. The monoisotopic (exact) mass is 273 g/mol. The van der Waals surface area contributed by atoms with Crippen LogP contribution in [0.25, 0.3) is 0 Å². The van der Waals surface area contributed by atoms with Gasteiger partial charge in [-0.1, -0.05) is 0 Å². The van der Waals surface area contributed by atoms with Crippen LogP contribution in [0.1, 0.15) is 24.8 Å². The van der Waals surface area contributed by atoms with Crippen LogP contribution in [0.15, 0.2) is 29.3 Å². The minimum Gasteiger partial charge on any atom is -0.490 e. The molecule has 0 saturated carbocycles. The van der Waals surface area contributed by atoms with E-state index in [4.69, 9.17) is 4.74 Å². The highest BCUT2D eigenvalue weighted by molar-refractivity contribution is 5.99. The zero-order chi connectivity index (χ0) is 13.8. The number of amidine groups is 1. The van der Waals surface area contributed by atoms with Crippen LogP contribution in [0.3, 0.4) is 0 Å². The predicted molar refractivity (Wildman–Crippen MR) is 81.6 cm³/mol. The fourth-order valence-electron chi connectivity index (χ4n) is 2.71. The first-order chi connectivity index (χ1) is 9.81. The molecule has 2 aliphatic rings. The number of benzene rings is 1. The molecule has 1 aromatic carbocycles. The number of hydrogen-bond donors (Lipinski definition) is 1. The molecule has 1 saturated heterocycles. The molecule has 0 amide bonds. The Hall–Kier alpha value is -1.55. The molecule has 2 heterocycles. The number of rotatable bonds is 3. The number of aliphatic imine (C=N–C) groups is 1.